The van der Waals surface area contributed by atoms with E-state index in [1.54, 1.807) is 11.3 Å². The molecule has 0 spiro atoms. The van der Waals surface area contributed by atoms with Crippen LogP contribution in [0, 0.1) is 0 Å². The van der Waals surface area contributed by atoms with E-state index in [4.69, 9.17) is 10.7 Å². The van der Waals surface area contributed by atoms with Gasteiger partial charge in [-0.15, -0.1) is 11.3 Å². The molecule has 1 aromatic rings. The Balaban J connectivity index is 1.99. The van der Waals surface area contributed by atoms with Gasteiger partial charge in [-0.25, -0.2) is 4.98 Å². The Bertz CT molecular complexity index is 394. The molecule has 1 saturated heterocycles. The number of hydrogen-bond acceptors (Lipinski definition) is 4. The van der Waals surface area contributed by atoms with Gasteiger partial charge in [-0.1, -0.05) is 20.8 Å². The van der Waals surface area contributed by atoms with Crippen molar-refractivity contribution in [3.05, 3.63) is 16.1 Å². The van der Waals surface area contributed by atoms with Crippen molar-refractivity contribution in [2.75, 3.05) is 6.54 Å². The standard InChI is InChI=1S/C14H25N3S/c1-10-7-11(15)5-6-17(10)8-13-16-12(9-18-13)14(2,3)4/h9-11H,5-8,15H2,1-4H3. The molecule has 2 atom stereocenters. The van der Waals surface area contributed by atoms with Gasteiger partial charge in [0.05, 0.1) is 12.2 Å². The first kappa shape index (κ1) is 14.0. The second kappa shape index (κ2) is 5.27. The molecule has 0 aromatic carbocycles. The summed E-state index contributed by atoms with van der Waals surface area (Å²) in [6.07, 6.45) is 2.22. The topological polar surface area (TPSA) is 42.1 Å². The average molecular weight is 267 g/mol. The lowest BCUT2D eigenvalue weighted by atomic mass is 9.93. The van der Waals surface area contributed by atoms with Crippen molar-refractivity contribution in [2.24, 2.45) is 5.73 Å². The molecule has 0 amide bonds. The zero-order chi connectivity index (χ0) is 13.3. The summed E-state index contributed by atoms with van der Waals surface area (Å²) in [6.45, 7) is 11.0. The monoisotopic (exact) mass is 267 g/mol. The normalized spacial score (nSPS) is 26.5. The van der Waals surface area contributed by atoms with E-state index in [1.807, 2.05) is 0 Å². The molecule has 2 N–H and O–H groups in total. The molecule has 1 aromatic heterocycles. The Morgan fingerprint density at radius 2 is 2.22 bits per heavy atom. The molecule has 102 valence electrons. The van der Waals surface area contributed by atoms with Crippen LogP contribution in [0.5, 0.6) is 0 Å². The predicted octanol–water partition coefficient (Wildman–Crippen LogP) is 2.75. The van der Waals surface area contributed by atoms with Gasteiger partial charge in [-0.2, -0.15) is 0 Å². The van der Waals surface area contributed by atoms with E-state index in [9.17, 15) is 0 Å². The van der Waals surface area contributed by atoms with E-state index in [1.165, 1.54) is 10.7 Å². The van der Waals surface area contributed by atoms with Crippen LogP contribution in [0.1, 0.15) is 51.2 Å². The Morgan fingerprint density at radius 1 is 1.50 bits per heavy atom. The molecular weight excluding hydrogens is 242 g/mol. The van der Waals surface area contributed by atoms with Crippen LogP contribution >= 0.6 is 11.3 Å². The van der Waals surface area contributed by atoms with Gasteiger partial charge in [-0.3, -0.25) is 4.90 Å². The van der Waals surface area contributed by atoms with Crippen LogP contribution in [0.15, 0.2) is 5.38 Å². The number of hydrogen-bond donors (Lipinski definition) is 1. The van der Waals surface area contributed by atoms with Crippen LogP contribution in [-0.2, 0) is 12.0 Å². The number of rotatable bonds is 2. The first-order valence-electron chi connectivity index (χ1n) is 6.81. The zero-order valence-corrected chi connectivity index (χ0v) is 12.8. The highest BCUT2D eigenvalue weighted by molar-refractivity contribution is 7.09. The highest BCUT2D eigenvalue weighted by Crippen LogP contribution is 2.26. The van der Waals surface area contributed by atoms with E-state index in [2.05, 4.69) is 38.0 Å². The second-order valence-electron chi connectivity index (χ2n) is 6.48. The summed E-state index contributed by atoms with van der Waals surface area (Å²) in [5.41, 5.74) is 7.37. The second-order valence-corrected chi connectivity index (χ2v) is 7.42. The smallest absolute Gasteiger partial charge is 0.107 e. The Hall–Kier alpha value is -0.450. The van der Waals surface area contributed by atoms with E-state index in [0.29, 0.717) is 12.1 Å². The lowest BCUT2D eigenvalue weighted by Crippen LogP contribution is -2.44. The summed E-state index contributed by atoms with van der Waals surface area (Å²) in [5, 5.41) is 3.44. The van der Waals surface area contributed by atoms with Crippen molar-refractivity contribution in [1.82, 2.24) is 9.88 Å². The molecule has 1 aliphatic rings. The molecular formula is C14H25N3S. The van der Waals surface area contributed by atoms with Crippen LogP contribution in [-0.4, -0.2) is 28.5 Å². The maximum absolute atomic E-state index is 6.00. The van der Waals surface area contributed by atoms with Crippen LogP contribution < -0.4 is 5.73 Å². The average Bonchev–Trinajstić information content (AvgIpc) is 2.70. The van der Waals surface area contributed by atoms with Crippen LogP contribution in [0.2, 0.25) is 0 Å². The van der Waals surface area contributed by atoms with Crippen molar-refractivity contribution < 1.29 is 0 Å². The SMILES string of the molecule is CC1CC(N)CCN1Cc1nc(C(C)(C)C)cs1. The molecule has 2 rings (SSSR count). The lowest BCUT2D eigenvalue weighted by molar-refractivity contribution is 0.140. The van der Waals surface area contributed by atoms with Gasteiger partial charge in [0.2, 0.25) is 0 Å². The maximum Gasteiger partial charge on any atom is 0.107 e. The highest BCUT2D eigenvalue weighted by atomic mass is 32.1. The van der Waals surface area contributed by atoms with Crippen molar-refractivity contribution in [2.45, 2.75) is 64.6 Å². The van der Waals surface area contributed by atoms with E-state index in [-0.39, 0.29) is 5.41 Å². The van der Waals surface area contributed by atoms with Gasteiger partial charge in [0, 0.05) is 29.4 Å². The van der Waals surface area contributed by atoms with Gasteiger partial charge < -0.3 is 5.73 Å². The fourth-order valence-electron chi connectivity index (χ4n) is 2.39. The lowest BCUT2D eigenvalue weighted by Gasteiger charge is -2.35. The molecule has 2 unspecified atom stereocenters. The first-order chi connectivity index (χ1) is 8.36. The molecule has 18 heavy (non-hydrogen) atoms. The molecule has 3 nitrogen and oxygen atoms in total. The fraction of sp³-hybridized carbons (Fsp3) is 0.786. The van der Waals surface area contributed by atoms with Crippen molar-refractivity contribution >= 4 is 11.3 Å². The third-order valence-corrected chi connectivity index (χ3v) is 4.55. The molecule has 1 aliphatic heterocycles. The van der Waals surface area contributed by atoms with E-state index < -0.39 is 0 Å². The quantitative estimate of drug-likeness (QED) is 0.896. The molecule has 1 fully saturated rings. The number of aromatic nitrogens is 1. The highest BCUT2D eigenvalue weighted by Gasteiger charge is 2.24. The van der Waals surface area contributed by atoms with E-state index in [0.717, 1.165) is 25.9 Å². The van der Waals surface area contributed by atoms with Crippen LogP contribution in [0.25, 0.3) is 0 Å². The summed E-state index contributed by atoms with van der Waals surface area (Å²) in [6, 6.07) is 0.966. The molecule has 0 radical (unpaired) electrons. The summed E-state index contributed by atoms with van der Waals surface area (Å²) in [4.78, 5) is 7.28. The fourth-order valence-corrected chi connectivity index (χ4v) is 3.44. The summed E-state index contributed by atoms with van der Waals surface area (Å²) < 4.78 is 0. The van der Waals surface area contributed by atoms with Gasteiger partial charge >= 0.3 is 0 Å². The van der Waals surface area contributed by atoms with Crippen molar-refractivity contribution in [3.8, 4) is 0 Å². The Kier molecular flexibility index (Phi) is 4.09. The number of thiazole rings is 1. The Labute approximate surface area is 114 Å². The van der Waals surface area contributed by atoms with Crippen LogP contribution in [0.3, 0.4) is 0 Å². The van der Waals surface area contributed by atoms with Gasteiger partial charge in [0.1, 0.15) is 5.01 Å². The maximum atomic E-state index is 6.00. The minimum absolute atomic E-state index is 0.157. The van der Waals surface area contributed by atoms with Crippen molar-refractivity contribution in [1.29, 1.82) is 0 Å². The Morgan fingerprint density at radius 3 is 2.78 bits per heavy atom. The summed E-state index contributed by atoms with van der Waals surface area (Å²) in [5.74, 6) is 0. The number of piperidine rings is 1. The van der Waals surface area contributed by atoms with Crippen LogP contribution in [0.4, 0.5) is 0 Å². The number of nitrogens with zero attached hydrogens (tertiary/aromatic N) is 2. The van der Waals surface area contributed by atoms with E-state index >= 15 is 0 Å². The number of nitrogens with two attached hydrogens (primary N) is 1. The predicted molar refractivity (Wildman–Crippen MR) is 77.9 cm³/mol. The van der Waals surface area contributed by atoms with Gasteiger partial charge in [0.25, 0.3) is 0 Å². The number of likely N-dealkylation sites (tertiary alicyclic amines) is 1. The summed E-state index contributed by atoms with van der Waals surface area (Å²) in [7, 11) is 0. The molecule has 4 heteroatoms. The molecule has 0 aliphatic carbocycles. The van der Waals surface area contributed by atoms with Gasteiger partial charge in [-0.05, 0) is 19.8 Å². The molecule has 0 bridgehead atoms. The third kappa shape index (κ3) is 3.31. The van der Waals surface area contributed by atoms with Gasteiger partial charge in [0.15, 0.2) is 0 Å². The molecule has 0 saturated carbocycles. The summed E-state index contributed by atoms with van der Waals surface area (Å²) >= 11 is 1.79. The minimum atomic E-state index is 0.157. The molecule has 2 heterocycles. The first-order valence-corrected chi connectivity index (χ1v) is 7.69. The largest absolute Gasteiger partial charge is 0.328 e. The minimum Gasteiger partial charge on any atom is -0.328 e. The third-order valence-electron chi connectivity index (χ3n) is 3.71. The van der Waals surface area contributed by atoms with Crippen molar-refractivity contribution in [3.63, 3.8) is 0 Å². The zero-order valence-electron chi connectivity index (χ0n) is 11.9.